The summed E-state index contributed by atoms with van der Waals surface area (Å²) in [6, 6.07) is 15.1. The maximum absolute atomic E-state index is 12.1. The summed E-state index contributed by atoms with van der Waals surface area (Å²) in [5.74, 6) is -1.02. The standard InChI is InChI=1S/C20H21NO6/c1-3-17(27-16-7-5-4-6-8-16)20(24)26-13-18(22)21-15-11-9-14(10-12-15)19(23)25-2/h4-12,17H,3,13H2,1-2H3,(H,21,22)/t17-/m0/s1. The summed E-state index contributed by atoms with van der Waals surface area (Å²) >= 11 is 0. The predicted molar refractivity (Wildman–Crippen MR) is 98.5 cm³/mol. The van der Waals surface area contributed by atoms with Crippen molar-refractivity contribution in [3.8, 4) is 5.75 Å². The highest BCUT2D eigenvalue weighted by Crippen LogP contribution is 2.14. The third-order valence-electron chi connectivity index (χ3n) is 3.59. The van der Waals surface area contributed by atoms with Crippen LogP contribution >= 0.6 is 0 Å². The lowest BCUT2D eigenvalue weighted by Crippen LogP contribution is -2.31. The lowest BCUT2D eigenvalue weighted by Gasteiger charge is -2.16. The fourth-order valence-electron chi connectivity index (χ4n) is 2.20. The Labute approximate surface area is 157 Å². The highest BCUT2D eigenvalue weighted by molar-refractivity contribution is 5.94. The monoisotopic (exact) mass is 371 g/mol. The van der Waals surface area contributed by atoms with Crippen molar-refractivity contribution in [3.05, 3.63) is 60.2 Å². The van der Waals surface area contributed by atoms with Gasteiger partial charge in [-0.1, -0.05) is 25.1 Å². The molecule has 27 heavy (non-hydrogen) atoms. The van der Waals surface area contributed by atoms with Gasteiger partial charge in [-0.25, -0.2) is 9.59 Å². The highest BCUT2D eigenvalue weighted by atomic mass is 16.6. The van der Waals surface area contributed by atoms with Crippen LogP contribution in [0.15, 0.2) is 54.6 Å². The van der Waals surface area contributed by atoms with Crippen molar-refractivity contribution in [2.75, 3.05) is 19.0 Å². The number of carbonyl (C=O) groups excluding carboxylic acids is 3. The lowest BCUT2D eigenvalue weighted by atomic mass is 10.2. The van der Waals surface area contributed by atoms with Crippen molar-refractivity contribution in [1.29, 1.82) is 0 Å². The third-order valence-corrected chi connectivity index (χ3v) is 3.59. The van der Waals surface area contributed by atoms with E-state index in [-0.39, 0.29) is 0 Å². The molecular weight excluding hydrogens is 350 g/mol. The summed E-state index contributed by atoms with van der Waals surface area (Å²) in [7, 11) is 1.29. The molecule has 0 saturated heterocycles. The molecule has 0 unspecified atom stereocenters. The summed E-state index contributed by atoms with van der Waals surface area (Å²) in [6.07, 6.45) is -0.385. The summed E-state index contributed by atoms with van der Waals surface area (Å²) < 4.78 is 15.2. The van der Waals surface area contributed by atoms with Gasteiger partial charge >= 0.3 is 11.9 Å². The van der Waals surface area contributed by atoms with E-state index in [0.717, 1.165) is 0 Å². The van der Waals surface area contributed by atoms with Gasteiger partial charge in [0.15, 0.2) is 12.7 Å². The van der Waals surface area contributed by atoms with Gasteiger partial charge in [-0.05, 0) is 42.8 Å². The molecule has 0 aliphatic rings. The number of methoxy groups -OCH3 is 1. The molecule has 0 aromatic heterocycles. The zero-order chi connectivity index (χ0) is 19.6. The first-order valence-electron chi connectivity index (χ1n) is 8.40. The molecule has 1 atom stereocenters. The number of anilines is 1. The molecule has 0 heterocycles. The lowest BCUT2D eigenvalue weighted by molar-refractivity contribution is -0.154. The molecule has 0 saturated carbocycles. The van der Waals surface area contributed by atoms with Crippen LogP contribution < -0.4 is 10.1 Å². The Balaban J connectivity index is 1.83. The topological polar surface area (TPSA) is 90.9 Å². The van der Waals surface area contributed by atoms with Gasteiger partial charge in [-0.15, -0.1) is 0 Å². The van der Waals surface area contributed by atoms with Gasteiger partial charge in [0.25, 0.3) is 5.91 Å². The maximum Gasteiger partial charge on any atom is 0.347 e. The van der Waals surface area contributed by atoms with Gasteiger partial charge in [0.05, 0.1) is 12.7 Å². The number of hydrogen-bond donors (Lipinski definition) is 1. The van der Waals surface area contributed by atoms with Crippen molar-refractivity contribution in [2.24, 2.45) is 0 Å². The van der Waals surface area contributed by atoms with E-state index in [9.17, 15) is 14.4 Å². The van der Waals surface area contributed by atoms with Crippen LogP contribution in [0.25, 0.3) is 0 Å². The molecule has 2 aromatic rings. The van der Waals surface area contributed by atoms with Crippen molar-refractivity contribution in [3.63, 3.8) is 0 Å². The molecule has 0 bridgehead atoms. The second kappa shape index (κ2) is 9.96. The van der Waals surface area contributed by atoms with Gasteiger partial charge < -0.3 is 19.5 Å². The fourth-order valence-corrected chi connectivity index (χ4v) is 2.20. The van der Waals surface area contributed by atoms with Crippen LogP contribution in [0.1, 0.15) is 23.7 Å². The normalized spacial score (nSPS) is 11.2. The van der Waals surface area contributed by atoms with Crippen LogP contribution in [0.3, 0.4) is 0 Å². The Bertz CT molecular complexity index is 773. The van der Waals surface area contributed by atoms with Gasteiger partial charge in [0, 0.05) is 5.69 Å². The van der Waals surface area contributed by atoms with Gasteiger partial charge in [-0.3, -0.25) is 4.79 Å². The average molecular weight is 371 g/mol. The summed E-state index contributed by atoms with van der Waals surface area (Å²) in [4.78, 5) is 35.4. The van der Waals surface area contributed by atoms with Gasteiger partial charge in [0.2, 0.25) is 0 Å². The predicted octanol–water partition coefficient (Wildman–Crippen LogP) is 2.81. The molecule has 0 aliphatic heterocycles. The Morgan fingerprint density at radius 1 is 1.00 bits per heavy atom. The Morgan fingerprint density at radius 2 is 1.67 bits per heavy atom. The molecule has 1 amide bonds. The molecule has 2 aromatic carbocycles. The molecule has 0 radical (unpaired) electrons. The molecule has 7 nitrogen and oxygen atoms in total. The van der Waals surface area contributed by atoms with Crippen molar-refractivity contribution >= 4 is 23.5 Å². The smallest absolute Gasteiger partial charge is 0.347 e. The first-order valence-corrected chi connectivity index (χ1v) is 8.40. The Morgan fingerprint density at radius 3 is 2.26 bits per heavy atom. The minimum absolute atomic E-state index is 0.366. The molecule has 0 fully saturated rings. The number of para-hydroxylation sites is 1. The van der Waals surface area contributed by atoms with E-state index in [0.29, 0.717) is 23.4 Å². The van der Waals surface area contributed by atoms with E-state index < -0.39 is 30.6 Å². The van der Waals surface area contributed by atoms with E-state index in [1.54, 1.807) is 43.3 Å². The van der Waals surface area contributed by atoms with Crippen LogP contribution in [-0.4, -0.2) is 37.7 Å². The van der Waals surface area contributed by atoms with Crippen molar-refractivity contribution in [1.82, 2.24) is 0 Å². The SMILES string of the molecule is CC[C@H](Oc1ccccc1)C(=O)OCC(=O)Nc1ccc(C(=O)OC)cc1. The fraction of sp³-hybridized carbons (Fsp3) is 0.250. The number of esters is 2. The molecule has 142 valence electrons. The Hall–Kier alpha value is -3.35. The van der Waals surface area contributed by atoms with Gasteiger partial charge in [0.1, 0.15) is 5.75 Å². The number of hydrogen-bond acceptors (Lipinski definition) is 6. The summed E-state index contributed by atoms with van der Waals surface area (Å²) in [6.45, 7) is 1.35. The van der Waals surface area contributed by atoms with Crippen LogP contribution in [0.4, 0.5) is 5.69 Å². The number of benzene rings is 2. The molecule has 1 N–H and O–H groups in total. The maximum atomic E-state index is 12.1. The average Bonchev–Trinajstić information content (AvgIpc) is 2.71. The molecular formula is C20H21NO6. The van der Waals surface area contributed by atoms with Gasteiger partial charge in [-0.2, -0.15) is 0 Å². The van der Waals surface area contributed by atoms with Crippen LogP contribution in [0.5, 0.6) is 5.75 Å². The minimum atomic E-state index is -0.792. The quantitative estimate of drug-likeness (QED) is 0.718. The molecule has 0 spiro atoms. The molecule has 2 rings (SSSR count). The first-order chi connectivity index (χ1) is 13.0. The second-order valence-electron chi connectivity index (χ2n) is 5.55. The molecule has 7 heteroatoms. The minimum Gasteiger partial charge on any atom is -0.479 e. The Kier molecular flexibility index (Phi) is 7.37. The highest BCUT2D eigenvalue weighted by Gasteiger charge is 2.21. The largest absolute Gasteiger partial charge is 0.479 e. The van der Waals surface area contributed by atoms with Crippen LogP contribution in [0, 0.1) is 0 Å². The molecule has 0 aliphatic carbocycles. The zero-order valence-corrected chi connectivity index (χ0v) is 15.1. The number of amides is 1. The summed E-state index contributed by atoms with van der Waals surface area (Å²) in [5, 5.41) is 2.58. The van der Waals surface area contributed by atoms with Crippen LogP contribution in [0.2, 0.25) is 0 Å². The third kappa shape index (κ3) is 6.14. The van der Waals surface area contributed by atoms with Crippen molar-refractivity contribution in [2.45, 2.75) is 19.4 Å². The zero-order valence-electron chi connectivity index (χ0n) is 15.1. The van der Waals surface area contributed by atoms with E-state index in [4.69, 9.17) is 9.47 Å². The van der Waals surface area contributed by atoms with Crippen molar-refractivity contribution < 1.29 is 28.6 Å². The van der Waals surface area contributed by atoms with E-state index in [1.165, 1.54) is 19.2 Å². The number of rotatable bonds is 8. The van der Waals surface area contributed by atoms with E-state index in [1.807, 2.05) is 6.07 Å². The second-order valence-corrected chi connectivity index (χ2v) is 5.55. The number of ether oxygens (including phenoxy) is 3. The van der Waals surface area contributed by atoms with E-state index >= 15 is 0 Å². The first kappa shape index (κ1) is 20.0. The van der Waals surface area contributed by atoms with E-state index in [2.05, 4.69) is 10.1 Å². The van der Waals surface area contributed by atoms with Crippen LogP contribution in [-0.2, 0) is 19.1 Å². The number of carbonyl (C=O) groups is 3. The number of nitrogens with one attached hydrogen (secondary N) is 1. The summed E-state index contributed by atoms with van der Waals surface area (Å²) in [5.41, 5.74) is 0.835.